The van der Waals surface area contributed by atoms with E-state index in [1.54, 1.807) is 0 Å². The van der Waals surface area contributed by atoms with Gasteiger partial charge >= 0.3 is 0 Å². The Bertz CT molecular complexity index is 1320. The first-order valence-electron chi connectivity index (χ1n) is 9.14. The summed E-state index contributed by atoms with van der Waals surface area (Å²) in [5.74, 6) is -1.08. The van der Waals surface area contributed by atoms with Gasteiger partial charge in [-0.25, -0.2) is 4.68 Å². The molecule has 4 rings (SSSR count). The van der Waals surface area contributed by atoms with Crippen molar-refractivity contribution in [3.63, 3.8) is 0 Å². The molecule has 7 nitrogen and oxygen atoms in total. The Morgan fingerprint density at radius 2 is 1.86 bits per heavy atom. The van der Waals surface area contributed by atoms with Crippen molar-refractivity contribution >= 4 is 22.6 Å². The summed E-state index contributed by atoms with van der Waals surface area (Å²) in [4.78, 5) is 28.1. The van der Waals surface area contributed by atoms with Crippen LogP contribution in [0.3, 0.4) is 0 Å². The second-order valence-electron chi connectivity index (χ2n) is 7.11. The number of nitrogens with one attached hydrogen (secondary N) is 2. The molecule has 4 aromatic rings. The summed E-state index contributed by atoms with van der Waals surface area (Å²) in [6.07, 6.45) is 1.43. The number of fused-ring (bicyclic) bond motifs is 1. The Morgan fingerprint density at radius 3 is 2.62 bits per heavy atom. The van der Waals surface area contributed by atoms with E-state index in [1.165, 1.54) is 10.9 Å². The molecule has 7 heteroatoms. The van der Waals surface area contributed by atoms with Crippen LogP contribution in [0.4, 0.5) is 5.69 Å². The maximum atomic E-state index is 12.8. The summed E-state index contributed by atoms with van der Waals surface area (Å²) in [7, 11) is 0. The number of H-pyrrole nitrogens is 1. The summed E-state index contributed by atoms with van der Waals surface area (Å²) in [6, 6.07) is 13.2. The van der Waals surface area contributed by atoms with E-state index in [1.807, 2.05) is 63.2 Å². The van der Waals surface area contributed by atoms with E-state index in [9.17, 15) is 14.7 Å². The van der Waals surface area contributed by atoms with Gasteiger partial charge in [-0.1, -0.05) is 24.3 Å². The molecule has 146 valence electrons. The van der Waals surface area contributed by atoms with Gasteiger partial charge in [-0.05, 0) is 55.7 Å². The van der Waals surface area contributed by atoms with Crippen LogP contribution in [0, 0.1) is 20.8 Å². The number of anilines is 1. The van der Waals surface area contributed by atoms with Crippen molar-refractivity contribution in [1.29, 1.82) is 0 Å². The van der Waals surface area contributed by atoms with Gasteiger partial charge in [-0.15, -0.1) is 0 Å². The molecule has 0 fully saturated rings. The van der Waals surface area contributed by atoms with Crippen LogP contribution in [-0.2, 0) is 0 Å². The number of carbonyl (C=O) groups is 1. The first-order valence-corrected chi connectivity index (χ1v) is 9.14. The second kappa shape index (κ2) is 6.94. The average Bonchev–Trinajstić information content (AvgIpc) is 3.09. The molecule has 29 heavy (non-hydrogen) atoms. The van der Waals surface area contributed by atoms with Gasteiger partial charge in [-0.2, -0.15) is 5.10 Å². The number of carbonyl (C=O) groups excluding carboxylic acids is 1. The third-order valence-corrected chi connectivity index (χ3v) is 4.83. The molecular formula is C22H20N4O3. The molecule has 2 aromatic heterocycles. The average molecular weight is 388 g/mol. The van der Waals surface area contributed by atoms with Gasteiger partial charge < -0.3 is 15.4 Å². The highest BCUT2D eigenvalue weighted by molar-refractivity contribution is 6.09. The summed E-state index contributed by atoms with van der Waals surface area (Å²) < 4.78 is 1.52. The molecule has 2 heterocycles. The van der Waals surface area contributed by atoms with Gasteiger partial charge in [0.15, 0.2) is 0 Å². The lowest BCUT2D eigenvalue weighted by atomic mass is 10.1. The number of rotatable bonds is 3. The van der Waals surface area contributed by atoms with Crippen molar-refractivity contribution in [2.24, 2.45) is 0 Å². The summed E-state index contributed by atoms with van der Waals surface area (Å²) in [5.41, 5.74) is 3.47. The predicted molar refractivity (Wildman–Crippen MR) is 112 cm³/mol. The normalized spacial score (nSPS) is 11.0. The molecule has 0 spiro atoms. The first kappa shape index (κ1) is 18.5. The lowest BCUT2D eigenvalue weighted by Crippen LogP contribution is -2.24. The number of aromatic nitrogens is 3. The molecule has 0 aliphatic heterocycles. The van der Waals surface area contributed by atoms with Crippen molar-refractivity contribution < 1.29 is 9.90 Å². The minimum absolute atomic E-state index is 0.289. The van der Waals surface area contributed by atoms with E-state index in [2.05, 4.69) is 15.4 Å². The molecular weight excluding hydrogens is 368 g/mol. The van der Waals surface area contributed by atoms with Crippen molar-refractivity contribution in [2.75, 3.05) is 5.32 Å². The van der Waals surface area contributed by atoms with Crippen LogP contribution in [0.1, 0.15) is 27.0 Å². The molecule has 0 aliphatic rings. The molecule has 0 bridgehead atoms. The van der Waals surface area contributed by atoms with Crippen LogP contribution in [-0.4, -0.2) is 25.8 Å². The topological polar surface area (TPSA) is 100 Å². The van der Waals surface area contributed by atoms with E-state index < -0.39 is 17.2 Å². The molecule has 0 saturated heterocycles. The number of aryl methyl sites for hydroxylation is 3. The number of aromatic hydroxyl groups is 1. The van der Waals surface area contributed by atoms with Gasteiger partial charge in [0, 0.05) is 5.69 Å². The number of hydrogen-bond donors (Lipinski definition) is 3. The van der Waals surface area contributed by atoms with Crippen LogP contribution in [0.5, 0.6) is 5.75 Å². The molecule has 0 saturated carbocycles. The van der Waals surface area contributed by atoms with Crippen molar-refractivity contribution in [2.45, 2.75) is 20.8 Å². The highest BCUT2D eigenvalue weighted by Gasteiger charge is 2.22. The Kier molecular flexibility index (Phi) is 4.43. The van der Waals surface area contributed by atoms with E-state index >= 15 is 0 Å². The summed E-state index contributed by atoms with van der Waals surface area (Å²) in [6.45, 7) is 5.71. The molecule has 0 atom stereocenters. The van der Waals surface area contributed by atoms with Crippen LogP contribution in [0.15, 0.2) is 53.5 Å². The Labute approximate surface area is 166 Å². The fraction of sp³-hybridized carbons (Fsp3) is 0.136. The van der Waals surface area contributed by atoms with Gasteiger partial charge in [0.2, 0.25) is 0 Å². The fourth-order valence-corrected chi connectivity index (χ4v) is 3.28. The smallest absolute Gasteiger partial charge is 0.266 e. The van der Waals surface area contributed by atoms with E-state index in [-0.39, 0.29) is 10.9 Å². The first-order chi connectivity index (χ1) is 13.8. The number of benzene rings is 2. The fourth-order valence-electron chi connectivity index (χ4n) is 3.28. The molecule has 0 radical (unpaired) electrons. The molecule has 2 aromatic carbocycles. The number of pyridine rings is 1. The lowest BCUT2D eigenvalue weighted by Gasteiger charge is -2.10. The van der Waals surface area contributed by atoms with E-state index in [4.69, 9.17) is 0 Å². The van der Waals surface area contributed by atoms with Crippen LogP contribution in [0.25, 0.3) is 16.7 Å². The zero-order chi connectivity index (χ0) is 20.7. The van der Waals surface area contributed by atoms with Crippen molar-refractivity contribution in [3.8, 4) is 11.4 Å². The SMILES string of the molecule is Cc1cccc(-n2ncc3c(O)c(C(=O)Nc4cc(C)ccc4C)c(=O)[nH]c32)c1. The van der Waals surface area contributed by atoms with Crippen LogP contribution in [0.2, 0.25) is 0 Å². The maximum absolute atomic E-state index is 12.8. The molecule has 0 aliphatic carbocycles. The van der Waals surface area contributed by atoms with Gasteiger partial charge in [0.05, 0.1) is 17.3 Å². The monoisotopic (exact) mass is 388 g/mol. The van der Waals surface area contributed by atoms with Crippen LogP contribution < -0.4 is 10.9 Å². The van der Waals surface area contributed by atoms with E-state index in [0.717, 1.165) is 22.4 Å². The van der Waals surface area contributed by atoms with Gasteiger partial charge in [0.25, 0.3) is 11.5 Å². The lowest BCUT2D eigenvalue weighted by molar-refractivity contribution is 0.102. The largest absolute Gasteiger partial charge is 0.506 e. The number of nitrogens with zero attached hydrogens (tertiary/aromatic N) is 2. The molecule has 1 amide bonds. The summed E-state index contributed by atoms with van der Waals surface area (Å²) in [5, 5.41) is 18.0. The van der Waals surface area contributed by atoms with E-state index in [0.29, 0.717) is 11.3 Å². The minimum atomic E-state index is -0.688. The van der Waals surface area contributed by atoms with Crippen molar-refractivity contribution in [3.05, 3.63) is 81.3 Å². The van der Waals surface area contributed by atoms with Gasteiger partial charge in [-0.3, -0.25) is 9.59 Å². The standard InChI is InChI=1S/C22H20N4O3/c1-12-5-4-6-15(9-12)26-20-16(11-23-26)19(27)18(22(29)25-20)21(28)24-17-10-13(2)7-8-14(17)3/h4-11H,1-3H3,(H,24,28)(H2,25,27,29). The highest BCUT2D eigenvalue weighted by Crippen LogP contribution is 2.27. The highest BCUT2D eigenvalue weighted by atomic mass is 16.3. The third-order valence-electron chi connectivity index (χ3n) is 4.83. The third kappa shape index (κ3) is 3.27. The predicted octanol–water partition coefficient (Wildman–Crippen LogP) is 3.60. The van der Waals surface area contributed by atoms with Crippen LogP contribution >= 0.6 is 0 Å². The number of amides is 1. The Hall–Kier alpha value is -3.87. The Morgan fingerprint density at radius 1 is 1.10 bits per heavy atom. The Balaban J connectivity index is 1.80. The number of hydrogen-bond acceptors (Lipinski definition) is 4. The number of aromatic amines is 1. The zero-order valence-electron chi connectivity index (χ0n) is 16.3. The minimum Gasteiger partial charge on any atom is -0.506 e. The molecule has 0 unspecified atom stereocenters. The van der Waals surface area contributed by atoms with Gasteiger partial charge in [0.1, 0.15) is 17.0 Å². The zero-order valence-corrected chi connectivity index (χ0v) is 16.3. The maximum Gasteiger partial charge on any atom is 0.266 e. The molecule has 3 N–H and O–H groups in total. The van der Waals surface area contributed by atoms with Crippen molar-refractivity contribution in [1.82, 2.24) is 14.8 Å². The second-order valence-corrected chi connectivity index (χ2v) is 7.11. The quantitative estimate of drug-likeness (QED) is 0.499. The summed E-state index contributed by atoms with van der Waals surface area (Å²) >= 11 is 0.